The largest absolute Gasteiger partial charge is 0.363 e. The number of likely N-dealkylation sites (N-methyl/N-ethyl adjacent to an activating group) is 1. The van der Waals surface area contributed by atoms with Gasteiger partial charge in [-0.15, -0.1) is 0 Å². The van der Waals surface area contributed by atoms with Gasteiger partial charge in [-0.25, -0.2) is 10.0 Å². The Bertz CT molecular complexity index is 816. The maximum absolute atomic E-state index is 12.9. The Morgan fingerprint density at radius 2 is 2.27 bits per heavy atom. The number of hydroxylamine groups is 2. The fourth-order valence-electron chi connectivity index (χ4n) is 3.12. The number of ketones is 1. The van der Waals surface area contributed by atoms with Crippen molar-refractivity contribution in [3.63, 3.8) is 0 Å². The van der Waals surface area contributed by atoms with E-state index in [2.05, 4.69) is 20.9 Å². The van der Waals surface area contributed by atoms with E-state index in [-0.39, 0.29) is 17.4 Å². The van der Waals surface area contributed by atoms with Crippen molar-refractivity contribution in [3.8, 4) is 0 Å². The van der Waals surface area contributed by atoms with Crippen molar-refractivity contribution in [2.75, 3.05) is 14.2 Å². The summed E-state index contributed by atoms with van der Waals surface area (Å²) >= 11 is 3.38. The molecule has 3 rings (SSSR count). The van der Waals surface area contributed by atoms with Gasteiger partial charge in [0.05, 0.1) is 25.4 Å². The number of rotatable bonds is 4. The van der Waals surface area contributed by atoms with Crippen molar-refractivity contribution in [3.05, 3.63) is 64.1 Å². The van der Waals surface area contributed by atoms with Gasteiger partial charge in [0.15, 0.2) is 5.78 Å². The van der Waals surface area contributed by atoms with E-state index < -0.39 is 5.91 Å². The number of carbonyl (C=O) groups is 2. The van der Waals surface area contributed by atoms with Crippen LogP contribution in [-0.4, -0.2) is 46.8 Å². The highest BCUT2D eigenvalue weighted by atomic mass is 79.9. The first-order valence-electron chi connectivity index (χ1n) is 8.34. The standard InChI is InChI=1S/C19H20BrN3O3/c1-22(26-2)19(25)15-12-23(11-13-7-6-10-17(20)21-13)16-9-5-3-4-8-14(16)18(15)24/h3-4,6-8,10,12,16H,5,9,11H2,1-2H3. The van der Waals surface area contributed by atoms with Gasteiger partial charge in [-0.2, -0.15) is 0 Å². The number of amides is 1. The van der Waals surface area contributed by atoms with E-state index >= 15 is 0 Å². The second-order valence-electron chi connectivity index (χ2n) is 6.12. The number of hydrogen-bond acceptors (Lipinski definition) is 5. The summed E-state index contributed by atoms with van der Waals surface area (Å²) in [5.41, 5.74) is 1.58. The minimum atomic E-state index is -0.461. The molecule has 0 fully saturated rings. The molecule has 2 aliphatic rings. The Morgan fingerprint density at radius 1 is 1.46 bits per heavy atom. The Balaban J connectivity index is 2.00. The number of nitrogens with zero attached hydrogens (tertiary/aromatic N) is 3. The first-order chi connectivity index (χ1) is 12.5. The zero-order valence-corrected chi connectivity index (χ0v) is 16.3. The summed E-state index contributed by atoms with van der Waals surface area (Å²) in [4.78, 5) is 36.9. The Morgan fingerprint density at radius 3 is 3.00 bits per heavy atom. The molecule has 1 unspecified atom stereocenters. The molecular weight excluding hydrogens is 398 g/mol. The van der Waals surface area contributed by atoms with Crippen LogP contribution in [-0.2, 0) is 21.0 Å². The Kier molecular flexibility index (Phi) is 5.68. The second-order valence-corrected chi connectivity index (χ2v) is 6.94. The average molecular weight is 418 g/mol. The molecule has 0 bridgehead atoms. The van der Waals surface area contributed by atoms with Gasteiger partial charge in [-0.1, -0.05) is 24.3 Å². The van der Waals surface area contributed by atoms with Crippen molar-refractivity contribution in [2.45, 2.75) is 25.4 Å². The fraction of sp³-hybridized carbons (Fsp3) is 0.316. The number of aromatic nitrogens is 1. The SMILES string of the molecule is CON(C)C(=O)C1=CN(Cc2cccc(Br)n2)C2CCC=CC=C2C1=O. The lowest BCUT2D eigenvalue weighted by Crippen LogP contribution is -2.43. The maximum Gasteiger partial charge on any atom is 0.282 e. The normalized spacial score (nSPS) is 19.4. The van der Waals surface area contributed by atoms with Crippen LogP contribution in [0.5, 0.6) is 0 Å². The molecule has 0 saturated carbocycles. The van der Waals surface area contributed by atoms with E-state index in [1.165, 1.54) is 14.2 Å². The third-order valence-electron chi connectivity index (χ3n) is 4.49. The molecular formula is C19H20BrN3O3. The van der Waals surface area contributed by atoms with E-state index in [4.69, 9.17) is 4.84 Å². The molecule has 1 aromatic heterocycles. The number of carbonyl (C=O) groups excluding carboxylic acids is 2. The van der Waals surface area contributed by atoms with Gasteiger partial charge in [0, 0.05) is 18.8 Å². The van der Waals surface area contributed by atoms with Crippen molar-refractivity contribution >= 4 is 27.6 Å². The van der Waals surface area contributed by atoms with Crippen LogP contribution in [0, 0.1) is 0 Å². The lowest BCUT2D eigenvalue weighted by Gasteiger charge is -2.36. The van der Waals surface area contributed by atoms with Crippen molar-refractivity contribution in [2.24, 2.45) is 0 Å². The molecule has 1 amide bonds. The monoisotopic (exact) mass is 417 g/mol. The van der Waals surface area contributed by atoms with E-state index in [9.17, 15) is 9.59 Å². The lowest BCUT2D eigenvalue weighted by molar-refractivity contribution is -0.164. The van der Waals surface area contributed by atoms with Gasteiger partial charge >= 0.3 is 0 Å². The predicted molar refractivity (Wildman–Crippen MR) is 101 cm³/mol. The summed E-state index contributed by atoms with van der Waals surface area (Å²) < 4.78 is 0.751. The summed E-state index contributed by atoms with van der Waals surface area (Å²) in [7, 11) is 2.88. The van der Waals surface area contributed by atoms with Crippen LogP contribution >= 0.6 is 15.9 Å². The zero-order chi connectivity index (χ0) is 18.7. The van der Waals surface area contributed by atoms with Gasteiger partial charge < -0.3 is 4.90 Å². The van der Waals surface area contributed by atoms with Crippen molar-refractivity contribution in [1.29, 1.82) is 0 Å². The molecule has 0 radical (unpaired) electrons. The van der Waals surface area contributed by atoms with E-state index in [0.29, 0.717) is 12.1 Å². The zero-order valence-electron chi connectivity index (χ0n) is 14.7. The predicted octanol–water partition coefficient (Wildman–Crippen LogP) is 2.78. The fourth-order valence-corrected chi connectivity index (χ4v) is 3.50. The molecule has 1 aliphatic carbocycles. The molecule has 0 N–H and O–H groups in total. The molecule has 136 valence electrons. The smallest absolute Gasteiger partial charge is 0.282 e. The molecule has 1 atom stereocenters. The topological polar surface area (TPSA) is 62.7 Å². The van der Waals surface area contributed by atoms with E-state index in [0.717, 1.165) is 28.2 Å². The molecule has 7 heteroatoms. The third-order valence-corrected chi connectivity index (χ3v) is 4.93. The van der Waals surface area contributed by atoms with Crippen LogP contribution in [0.25, 0.3) is 0 Å². The highest BCUT2D eigenvalue weighted by molar-refractivity contribution is 9.10. The number of Topliss-reactive ketones (excluding diaryl/α,β-unsaturated/α-hetero) is 1. The van der Waals surface area contributed by atoms with Gasteiger partial charge in [0.1, 0.15) is 10.2 Å². The van der Waals surface area contributed by atoms with Crippen LogP contribution in [0.1, 0.15) is 18.5 Å². The van der Waals surface area contributed by atoms with Crippen LogP contribution < -0.4 is 0 Å². The number of pyridine rings is 1. The molecule has 0 aromatic carbocycles. The number of fused-ring (bicyclic) bond motifs is 1. The van der Waals surface area contributed by atoms with Gasteiger partial charge in [-0.3, -0.25) is 14.4 Å². The minimum absolute atomic E-state index is 0.0808. The molecule has 0 saturated heterocycles. The molecule has 1 aromatic rings. The summed E-state index contributed by atoms with van der Waals surface area (Å²) in [6, 6.07) is 5.63. The number of allylic oxidation sites excluding steroid dienone is 3. The number of halogens is 1. The molecule has 6 nitrogen and oxygen atoms in total. The van der Waals surface area contributed by atoms with Gasteiger partial charge in [-0.05, 0) is 40.9 Å². The molecule has 1 aliphatic heterocycles. The third kappa shape index (κ3) is 3.78. The summed E-state index contributed by atoms with van der Waals surface area (Å²) in [6.07, 6.45) is 9.06. The summed E-state index contributed by atoms with van der Waals surface area (Å²) in [5.74, 6) is -0.703. The van der Waals surface area contributed by atoms with Crippen LogP contribution in [0.3, 0.4) is 0 Å². The summed E-state index contributed by atoms with van der Waals surface area (Å²) in [6.45, 7) is 0.502. The highest BCUT2D eigenvalue weighted by Crippen LogP contribution is 2.30. The molecule has 0 spiro atoms. The Labute approximate surface area is 160 Å². The molecule has 2 heterocycles. The highest BCUT2D eigenvalue weighted by Gasteiger charge is 2.36. The van der Waals surface area contributed by atoms with E-state index in [1.54, 1.807) is 6.20 Å². The van der Waals surface area contributed by atoms with Crippen LogP contribution in [0.4, 0.5) is 0 Å². The van der Waals surface area contributed by atoms with Crippen LogP contribution in [0.15, 0.2) is 58.4 Å². The van der Waals surface area contributed by atoms with Gasteiger partial charge in [0.25, 0.3) is 5.91 Å². The van der Waals surface area contributed by atoms with Crippen molar-refractivity contribution < 1.29 is 14.4 Å². The first-order valence-corrected chi connectivity index (χ1v) is 9.13. The Hall–Kier alpha value is -2.25. The summed E-state index contributed by atoms with van der Waals surface area (Å²) in [5, 5.41) is 1.06. The lowest BCUT2D eigenvalue weighted by atomic mass is 9.90. The molecule has 26 heavy (non-hydrogen) atoms. The van der Waals surface area contributed by atoms with E-state index in [1.807, 2.05) is 41.3 Å². The first kappa shape index (κ1) is 18.5. The van der Waals surface area contributed by atoms with Crippen LogP contribution in [0.2, 0.25) is 0 Å². The average Bonchev–Trinajstić information content (AvgIpc) is 2.89. The second kappa shape index (κ2) is 7.97. The van der Waals surface area contributed by atoms with Gasteiger partial charge in [0.2, 0.25) is 0 Å². The minimum Gasteiger partial charge on any atom is -0.363 e. The number of hydrogen-bond donors (Lipinski definition) is 0. The maximum atomic E-state index is 12.9. The van der Waals surface area contributed by atoms with Crippen molar-refractivity contribution in [1.82, 2.24) is 14.9 Å². The quantitative estimate of drug-likeness (QED) is 0.428.